The minimum Gasteiger partial charge on any atom is -0.481 e. The Morgan fingerprint density at radius 2 is 1.83 bits per heavy atom. The molecule has 0 bridgehead atoms. The summed E-state index contributed by atoms with van der Waals surface area (Å²) in [5.74, 6) is -2.05. The Balaban J connectivity index is 4.06. The van der Waals surface area contributed by atoms with E-state index in [2.05, 4.69) is 5.32 Å². The second kappa shape index (κ2) is 8.32. The first-order chi connectivity index (χ1) is 8.32. The summed E-state index contributed by atoms with van der Waals surface area (Å²) >= 11 is 0. The number of carboxylic acids is 2. The maximum absolute atomic E-state index is 11.2. The van der Waals surface area contributed by atoms with Crippen LogP contribution in [0.2, 0.25) is 0 Å². The lowest BCUT2D eigenvalue weighted by atomic mass is 10.1. The van der Waals surface area contributed by atoms with Crippen LogP contribution in [0.15, 0.2) is 0 Å². The molecule has 1 amide bonds. The van der Waals surface area contributed by atoms with E-state index in [1.807, 2.05) is 13.8 Å². The molecule has 0 aliphatic rings. The molecule has 0 saturated heterocycles. The van der Waals surface area contributed by atoms with Gasteiger partial charge in [0, 0.05) is 6.42 Å². The van der Waals surface area contributed by atoms with Crippen molar-refractivity contribution in [2.24, 2.45) is 5.92 Å². The van der Waals surface area contributed by atoms with Crippen LogP contribution in [0.1, 0.15) is 33.1 Å². The standard InChI is InChI=1S/C11H19NO6/c1-7(2)6-18-11(17)12-8(10(15)16)4-3-5-9(13)14/h7-8H,3-6H2,1-2H3,(H,12,17)(H,13,14)(H,15,16). The number of ether oxygens (including phenoxy) is 1. The van der Waals surface area contributed by atoms with Gasteiger partial charge in [-0.25, -0.2) is 9.59 Å². The number of rotatable bonds is 8. The highest BCUT2D eigenvalue weighted by atomic mass is 16.5. The molecule has 1 unspecified atom stereocenters. The molecule has 0 spiro atoms. The van der Waals surface area contributed by atoms with E-state index in [1.165, 1.54) is 0 Å². The molecular formula is C11H19NO6. The SMILES string of the molecule is CC(C)COC(=O)NC(CCCC(=O)O)C(=O)O. The number of carboxylic acid groups (broad SMARTS) is 2. The molecule has 0 heterocycles. The highest BCUT2D eigenvalue weighted by molar-refractivity contribution is 5.79. The first-order valence-corrected chi connectivity index (χ1v) is 5.70. The summed E-state index contributed by atoms with van der Waals surface area (Å²) < 4.78 is 4.78. The van der Waals surface area contributed by atoms with E-state index < -0.39 is 24.1 Å². The lowest BCUT2D eigenvalue weighted by molar-refractivity contribution is -0.141. The fourth-order valence-corrected chi connectivity index (χ4v) is 1.14. The van der Waals surface area contributed by atoms with Crippen molar-refractivity contribution < 1.29 is 29.3 Å². The molecule has 1 atom stereocenters. The quantitative estimate of drug-likeness (QED) is 0.602. The summed E-state index contributed by atoms with van der Waals surface area (Å²) in [5.41, 5.74) is 0. The Kier molecular flexibility index (Phi) is 7.50. The molecule has 0 rings (SSSR count). The largest absolute Gasteiger partial charge is 0.481 e. The molecule has 0 aromatic carbocycles. The van der Waals surface area contributed by atoms with Crippen molar-refractivity contribution in [3.8, 4) is 0 Å². The van der Waals surface area contributed by atoms with Crippen LogP contribution in [0.5, 0.6) is 0 Å². The van der Waals surface area contributed by atoms with E-state index >= 15 is 0 Å². The van der Waals surface area contributed by atoms with Gasteiger partial charge >= 0.3 is 18.0 Å². The maximum Gasteiger partial charge on any atom is 0.407 e. The first kappa shape index (κ1) is 16.2. The third-order valence-corrected chi connectivity index (χ3v) is 2.02. The monoisotopic (exact) mass is 261 g/mol. The van der Waals surface area contributed by atoms with Crippen LogP contribution in [-0.4, -0.2) is 40.9 Å². The molecule has 7 nitrogen and oxygen atoms in total. The zero-order valence-corrected chi connectivity index (χ0v) is 10.5. The number of aliphatic carboxylic acids is 2. The number of hydrogen-bond acceptors (Lipinski definition) is 4. The van der Waals surface area contributed by atoms with Crippen LogP contribution in [0.3, 0.4) is 0 Å². The predicted molar refractivity (Wildman–Crippen MR) is 62.2 cm³/mol. The van der Waals surface area contributed by atoms with Crippen molar-refractivity contribution in [1.29, 1.82) is 0 Å². The van der Waals surface area contributed by atoms with E-state index in [0.717, 1.165) is 0 Å². The van der Waals surface area contributed by atoms with Gasteiger partial charge < -0.3 is 20.3 Å². The lowest BCUT2D eigenvalue weighted by Crippen LogP contribution is -2.41. The van der Waals surface area contributed by atoms with Crippen molar-refractivity contribution in [2.45, 2.75) is 39.2 Å². The van der Waals surface area contributed by atoms with Crippen molar-refractivity contribution in [2.75, 3.05) is 6.61 Å². The maximum atomic E-state index is 11.2. The van der Waals surface area contributed by atoms with Crippen molar-refractivity contribution in [3.63, 3.8) is 0 Å². The summed E-state index contributed by atoms with van der Waals surface area (Å²) in [4.78, 5) is 32.4. The summed E-state index contributed by atoms with van der Waals surface area (Å²) in [5, 5.41) is 19.5. The van der Waals surface area contributed by atoms with E-state index in [0.29, 0.717) is 0 Å². The van der Waals surface area contributed by atoms with Crippen molar-refractivity contribution in [1.82, 2.24) is 5.32 Å². The van der Waals surface area contributed by atoms with Crippen LogP contribution >= 0.6 is 0 Å². The highest BCUT2D eigenvalue weighted by Gasteiger charge is 2.20. The number of carbonyl (C=O) groups is 3. The number of hydrogen-bond donors (Lipinski definition) is 3. The van der Waals surface area contributed by atoms with Gasteiger partial charge in [0.05, 0.1) is 6.61 Å². The Morgan fingerprint density at radius 3 is 2.28 bits per heavy atom. The van der Waals surface area contributed by atoms with Gasteiger partial charge in [-0.1, -0.05) is 13.8 Å². The zero-order valence-electron chi connectivity index (χ0n) is 10.5. The molecule has 0 radical (unpaired) electrons. The second-order valence-corrected chi connectivity index (χ2v) is 4.31. The molecule has 0 fully saturated rings. The van der Waals surface area contributed by atoms with Crippen molar-refractivity contribution in [3.05, 3.63) is 0 Å². The van der Waals surface area contributed by atoms with Gasteiger partial charge in [0.1, 0.15) is 6.04 Å². The van der Waals surface area contributed by atoms with Gasteiger partial charge in [-0.15, -0.1) is 0 Å². The van der Waals surface area contributed by atoms with E-state index in [1.54, 1.807) is 0 Å². The van der Waals surface area contributed by atoms with Crippen molar-refractivity contribution >= 4 is 18.0 Å². The predicted octanol–water partition coefficient (Wildman–Crippen LogP) is 1.08. The average molecular weight is 261 g/mol. The van der Waals surface area contributed by atoms with Gasteiger partial charge in [-0.05, 0) is 18.8 Å². The third kappa shape index (κ3) is 8.37. The minimum atomic E-state index is -1.21. The van der Waals surface area contributed by atoms with Gasteiger partial charge in [0.25, 0.3) is 0 Å². The Hall–Kier alpha value is -1.79. The molecular weight excluding hydrogens is 242 g/mol. The van der Waals surface area contributed by atoms with E-state index in [9.17, 15) is 14.4 Å². The number of amides is 1. The normalized spacial score (nSPS) is 11.9. The fraction of sp³-hybridized carbons (Fsp3) is 0.727. The smallest absolute Gasteiger partial charge is 0.407 e. The lowest BCUT2D eigenvalue weighted by Gasteiger charge is -2.14. The van der Waals surface area contributed by atoms with E-state index in [-0.39, 0.29) is 31.8 Å². The zero-order chi connectivity index (χ0) is 14.1. The molecule has 0 saturated carbocycles. The first-order valence-electron chi connectivity index (χ1n) is 5.70. The number of nitrogens with one attached hydrogen (secondary N) is 1. The van der Waals surface area contributed by atoms with E-state index in [4.69, 9.17) is 14.9 Å². The summed E-state index contributed by atoms with van der Waals surface area (Å²) in [7, 11) is 0. The molecule has 0 aliphatic heterocycles. The van der Waals surface area contributed by atoms with Crippen LogP contribution < -0.4 is 5.32 Å². The Labute approximate surface area is 105 Å². The molecule has 7 heteroatoms. The fourth-order valence-electron chi connectivity index (χ4n) is 1.14. The molecule has 104 valence electrons. The molecule has 3 N–H and O–H groups in total. The van der Waals surface area contributed by atoms with Gasteiger partial charge in [0.2, 0.25) is 0 Å². The number of alkyl carbamates (subject to hydrolysis) is 1. The molecule has 18 heavy (non-hydrogen) atoms. The third-order valence-electron chi connectivity index (χ3n) is 2.02. The molecule has 0 aromatic rings. The Morgan fingerprint density at radius 1 is 1.22 bits per heavy atom. The second-order valence-electron chi connectivity index (χ2n) is 4.31. The topological polar surface area (TPSA) is 113 Å². The highest BCUT2D eigenvalue weighted by Crippen LogP contribution is 2.02. The Bertz CT molecular complexity index is 302. The van der Waals surface area contributed by atoms with Crippen LogP contribution in [0.25, 0.3) is 0 Å². The summed E-state index contributed by atoms with van der Waals surface area (Å²) in [6, 6.07) is -1.12. The van der Waals surface area contributed by atoms with Crippen LogP contribution in [-0.2, 0) is 14.3 Å². The van der Waals surface area contributed by atoms with Crippen LogP contribution in [0.4, 0.5) is 4.79 Å². The summed E-state index contributed by atoms with van der Waals surface area (Å²) in [6.45, 7) is 3.91. The number of carbonyl (C=O) groups excluding carboxylic acids is 1. The summed E-state index contributed by atoms with van der Waals surface area (Å²) in [6.07, 6.45) is -0.701. The van der Waals surface area contributed by atoms with Gasteiger partial charge in [-0.2, -0.15) is 0 Å². The molecule has 0 aromatic heterocycles. The van der Waals surface area contributed by atoms with Crippen LogP contribution in [0, 0.1) is 5.92 Å². The molecule has 0 aliphatic carbocycles. The van der Waals surface area contributed by atoms with Gasteiger partial charge in [-0.3, -0.25) is 4.79 Å². The minimum absolute atomic E-state index is 0.0540. The van der Waals surface area contributed by atoms with Gasteiger partial charge in [0.15, 0.2) is 0 Å². The average Bonchev–Trinajstić information content (AvgIpc) is 2.24.